The van der Waals surface area contributed by atoms with E-state index in [1.165, 1.54) is 107 Å². The van der Waals surface area contributed by atoms with E-state index in [9.17, 15) is 89.7 Å². The highest BCUT2D eigenvalue weighted by atomic mass is 32.2. The van der Waals surface area contributed by atoms with Crippen molar-refractivity contribution in [2.45, 2.75) is 106 Å². The van der Waals surface area contributed by atoms with Gasteiger partial charge in [0.2, 0.25) is 10.0 Å². The smallest absolute Gasteiger partial charge is 0.306 e. The van der Waals surface area contributed by atoms with Crippen molar-refractivity contribution >= 4 is 37.2 Å². The maximum atomic E-state index is 14.3. The number of hydrogen-bond donors (Lipinski definition) is 2. The summed E-state index contributed by atoms with van der Waals surface area (Å²) in [6.45, 7) is 29.3. The molecule has 0 atom stereocenters. The molecule has 0 saturated carbocycles. The predicted molar refractivity (Wildman–Crippen MR) is 443 cm³/mol. The third-order valence-electron chi connectivity index (χ3n) is 22.1. The molecule has 6 aromatic carbocycles. The van der Waals surface area contributed by atoms with Gasteiger partial charge in [-0.05, 0) is 217 Å². The van der Waals surface area contributed by atoms with Crippen molar-refractivity contribution in [3.63, 3.8) is 0 Å². The second kappa shape index (κ2) is 35.0. The standard InChI is InChI=1S/C28H26F3N7O4S.C28H25F3N6O5S.C28H25F3N6O2/c1-17-24(25-23(43(32,41)42)16-34-38(25)21-9-7-19(33-2)8-10-21)26(39)37(20-11-13-35(3)14-12-20)27(40)36(17)22-6-4-5-18(15-22)28(29,30)31;1-17-24(25-23(43(40,41)42)16-33-37(25)21-9-7-19(32-2)8-10-21)26(38)36(20-11-13-34(3)14-12-20)27(39)35(17)22-6-4-5-18(15-22)28(29,30)31;1-18-25(24-11-14-33-37(24)22-9-7-20(32-2)8-10-22)26(38)36(21-12-15-34(3)16-13-21)27(39)35(18)23-6-4-5-19(17-23)28(29,30)31/h4-10,15-16,20H,11-14H2,1,3H3,(H2,32,41,42);4-10,15-16,20H,11-14H2,1,3H3,(H,40,41,42);4-11,14,17,21H,12-13,15-16H2,1,3H3. The number of piperidine rings is 3. The van der Waals surface area contributed by atoms with Gasteiger partial charge in [0.15, 0.2) is 17.1 Å². The fourth-order valence-corrected chi connectivity index (χ4v) is 17.0. The summed E-state index contributed by atoms with van der Waals surface area (Å²) >= 11 is 0. The lowest BCUT2D eigenvalue weighted by Crippen LogP contribution is -2.46. The van der Waals surface area contributed by atoms with Crippen molar-refractivity contribution in [2.75, 3.05) is 60.4 Å². The fourth-order valence-electron chi connectivity index (χ4n) is 15.7. The largest absolute Gasteiger partial charge is 0.416 e. The number of alkyl halides is 9. The Morgan fingerprint density at radius 2 is 0.688 bits per heavy atom. The maximum Gasteiger partial charge on any atom is 0.416 e. The number of rotatable bonds is 14. The first-order valence-corrected chi connectivity index (χ1v) is 41.4. The summed E-state index contributed by atoms with van der Waals surface area (Å²) in [5.74, 6) is 0. The van der Waals surface area contributed by atoms with Crippen LogP contribution in [-0.4, -0.2) is 153 Å². The van der Waals surface area contributed by atoms with Crippen molar-refractivity contribution in [1.29, 1.82) is 0 Å². The second-order valence-corrected chi connectivity index (χ2v) is 33.0. The SMILES string of the molecule is [C-]#[N+]c1ccc(-n2ncc(S(=O)(=O)O)c2-c2c(C)n(-c3cccc(C(F)(F)F)c3)c(=O)n(C3CCN(C)CC3)c2=O)cc1.[C-]#[N+]c1ccc(-n2ncc(S(N)(=O)=O)c2-c2c(C)n(-c3cccc(C(F)(F)F)c3)c(=O)n(C3CCN(C)CC3)c2=O)cc1.[C-]#[N+]c1ccc(-n2nccc2-c2c(C)n(-c3cccc(C(F)(F)F)c3)c(=O)n(C3CCN(C)CC3)c2=O)cc1. The molecule has 0 amide bonds. The molecule has 3 aliphatic rings. The molecule has 0 bridgehead atoms. The lowest BCUT2D eigenvalue weighted by molar-refractivity contribution is -0.138. The van der Waals surface area contributed by atoms with Crippen LogP contribution in [0.1, 0.15) is 90.4 Å². The van der Waals surface area contributed by atoms with Gasteiger partial charge in [-0.3, -0.25) is 46.3 Å². The van der Waals surface area contributed by atoms with E-state index in [1.807, 2.05) is 30.9 Å². The minimum absolute atomic E-state index is 0.0164. The molecule has 0 radical (unpaired) electrons. The molecule has 12 aromatic rings. The third-order valence-corrected chi connectivity index (χ3v) is 23.9. The van der Waals surface area contributed by atoms with E-state index in [4.69, 9.17) is 24.9 Å². The van der Waals surface area contributed by atoms with Gasteiger partial charge in [-0.2, -0.15) is 63.2 Å². The number of hydrogen-bond acceptors (Lipinski definition) is 16. The molecule has 0 aliphatic carbocycles. The van der Waals surface area contributed by atoms with Crippen LogP contribution in [0, 0.1) is 40.5 Å². The minimum atomic E-state index is -5.00. The molecule has 30 nitrogen and oxygen atoms in total. The number of benzene rings is 6. The molecule has 6 aromatic heterocycles. The van der Waals surface area contributed by atoms with Crippen LogP contribution >= 0.6 is 0 Å². The quantitative estimate of drug-likeness (QED) is 0.0580. The van der Waals surface area contributed by atoms with Crippen LogP contribution in [0.25, 0.3) is 82.4 Å². The van der Waals surface area contributed by atoms with E-state index < -0.39 is 117 Å². The lowest BCUT2D eigenvalue weighted by Gasteiger charge is -2.31. The van der Waals surface area contributed by atoms with Crippen LogP contribution in [-0.2, 0) is 38.7 Å². The first-order chi connectivity index (χ1) is 59.0. The molecule has 125 heavy (non-hydrogen) atoms. The highest BCUT2D eigenvalue weighted by Gasteiger charge is 2.39. The Bertz CT molecular complexity index is 6670. The summed E-state index contributed by atoms with van der Waals surface area (Å²) < 4.78 is 194. The van der Waals surface area contributed by atoms with Gasteiger partial charge in [-0.15, -0.1) is 0 Å². The maximum absolute atomic E-state index is 14.3. The van der Waals surface area contributed by atoms with Gasteiger partial charge in [-0.25, -0.2) is 56.5 Å². The molecular weight excluding hydrogens is 1690 g/mol. The normalized spacial score (nSPS) is 15.0. The van der Waals surface area contributed by atoms with Crippen LogP contribution in [0.3, 0.4) is 0 Å². The number of primary sulfonamides is 1. The van der Waals surface area contributed by atoms with Gasteiger partial charge in [0, 0.05) is 35.2 Å². The zero-order valence-corrected chi connectivity index (χ0v) is 68.9. The zero-order chi connectivity index (χ0) is 90.4. The molecule has 3 fully saturated rings. The number of halogens is 9. The summed E-state index contributed by atoms with van der Waals surface area (Å²) in [4.78, 5) is 99.4. The number of aromatic nitrogens is 12. The van der Waals surface area contributed by atoms with Gasteiger partial charge in [0.1, 0.15) is 21.2 Å². The average molecular weight is 1760 g/mol. The summed E-state index contributed by atoms with van der Waals surface area (Å²) in [5, 5.41) is 18.2. The van der Waals surface area contributed by atoms with E-state index in [2.05, 4.69) is 34.7 Å². The summed E-state index contributed by atoms with van der Waals surface area (Å²) in [6.07, 6.45) is -8.08. The van der Waals surface area contributed by atoms with E-state index in [-0.39, 0.29) is 79.3 Å². The highest BCUT2D eigenvalue weighted by Crippen LogP contribution is 2.39. The first-order valence-electron chi connectivity index (χ1n) is 38.4. The monoisotopic (exact) mass is 1760 g/mol. The van der Waals surface area contributed by atoms with Gasteiger partial charge in [0.25, 0.3) is 26.8 Å². The van der Waals surface area contributed by atoms with Crippen LogP contribution in [0.4, 0.5) is 56.6 Å². The molecular formula is C84H76F9N19O11S2. The molecule has 41 heteroatoms. The van der Waals surface area contributed by atoms with Gasteiger partial charge in [-0.1, -0.05) is 54.6 Å². The van der Waals surface area contributed by atoms with Crippen LogP contribution < -0.4 is 38.9 Å². The molecule has 15 rings (SSSR count). The Morgan fingerprint density at radius 3 is 0.984 bits per heavy atom. The Kier molecular flexibility index (Phi) is 25.0. The summed E-state index contributed by atoms with van der Waals surface area (Å²) in [7, 11) is -3.78. The minimum Gasteiger partial charge on any atom is -0.306 e. The van der Waals surface area contributed by atoms with Crippen LogP contribution in [0.2, 0.25) is 0 Å². The van der Waals surface area contributed by atoms with Crippen molar-refractivity contribution in [3.05, 3.63) is 301 Å². The summed E-state index contributed by atoms with van der Waals surface area (Å²) in [5.41, 5.74) is -6.63. The van der Waals surface area contributed by atoms with E-state index in [0.29, 0.717) is 101 Å². The van der Waals surface area contributed by atoms with Crippen molar-refractivity contribution in [1.82, 2.24) is 71.4 Å². The number of sulfonamides is 1. The lowest BCUT2D eigenvalue weighted by atomic mass is 10.0. The van der Waals surface area contributed by atoms with Gasteiger partial charge >= 0.3 is 35.6 Å². The number of likely N-dealkylation sites (tertiary alicyclic amines) is 3. The Balaban J connectivity index is 0.000000161. The molecule has 0 unspecified atom stereocenters. The average Bonchev–Trinajstić information content (AvgIpc) is 1.70. The molecule has 0 spiro atoms. The molecule has 3 saturated heterocycles. The third kappa shape index (κ3) is 18.1. The Labute approximate surface area is 706 Å². The van der Waals surface area contributed by atoms with E-state index in [0.717, 1.165) is 88.6 Å². The number of nitrogens with two attached hydrogens (primary N) is 1. The molecule has 9 heterocycles. The second-order valence-electron chi connectivity index (χ2n) is 30.1. The zero-order valence-electron chi connectivity index (χ0n) is 67.3. The van der Waals surface area contributed by atoms with Crippen molar-refractivity contribution in [3.8, 4) is 67.9 Å². The van der Waals surface area contributed by atoms with Crippen LogP contribution in [0.5, 0.6) is 0 Å². The molecule has 3 N–H and O–H groups in total. The van der Waals surface area contributed by atoms with Gasteiger partial charge < -0.3 is 14.7 Å². The Hall–Kier alpha value is -13.5. The predicted octanol–water partition coefficient (Wildman–Crippen LogP) is 12.9. The molecule has 648 valence electrons. The van der Waals surface area contributed by atoms with Crippen molar-refractivity contribution < 1.29 is 60.9 Å². The fraction of sp³-hybridized carbons (Fsp3) is 0.286. The number of nitrogens with zero attached hydrogens (tertiary/aromatic N) is 18. The topological polar surface area (TPSA) is 323 Å². The first kappa shape index (κ1) is 89.3. The highest BCUT2D eigenvalue weighted by molar-refractivity contribution is 7.89. The summed E-state index contributed by atoms with van der Waals surface area (Å²) in [6, 6.07) is 31.0. The Morgan fingerprint density at radius 1 is 0.400 bits per heavy atom. The van der Waals surface area contributed by atoms with Gasteiger partial charge in [0.05, 0.1) is 112 Å². The van der Waals surface area contributed by atoms with E-state index in [1.54, 1.807) is 37.3 Å². The van der Waals surface area contributed by atoms with Crippen molar-refractivity contribution in [2.24, 2.45) is 5.14 Å². The molecule has 3 aliphatic heterocycles. The van der Waals surface area contributed by atoms with Crippen LogP contribution in [0.15, 0.2) is 209 Å². The van der Waals surface area contributed by atoms with E-state index >= 15 is 0 Å².